The Morgan fingerprint density at radius 3 is 2.86 bits per heavy atom. The van der Waals surface area contributed by atoms with Crippen molar-refractivity contribution in [3.8, 4) is 0 Å². The van der Waals surface area contributed by atoms with E-state index in [9.17, 15) is 19.5 Å². The number of rotatable bonds is 8. The van der Waals surface area contributed by atoms with Crippen LogP contribution in [-0.4, -0.2) is 51.3 Å². The Labute approximate surface area is 168 Å². The van der Waals surface area contributed by atoms with E-state index in [0.717, 1.165) is 11.9 Å². The summed E-state index contributed by atoms with van der Waals surface area (Å²) in [6.45, 7) is 0.388. The molecule has 1 aromatic carbocycles. The Morgan fingerprint density at radius 2 is 2.14 bits per heavy atom. The molecule has 0 radical (unpaired) electrons. The highest BCUT2D eigenvalue weighted by molar-refractivity contribution is 6.07. The monoisotopic (exact) mass is 401 g/mol. The number of carbonyl (C=O) groups is 3. The highest BCUT2D eigenvalue weighted by atomic mass is 16.4. The number of fused-ring (bicyclic) bond motifs is 1. The van der Waals surface area contributed by atoms with E-state index in [0.29, 0.717) is 43.2 Å². The van der Waals surface area contributed by atoms with Gasteiger partial charge in [-0.2, -0.15) is 5.10 Å². The maximum Gasteiger partial charge on any atom is 0.308 e. The summed E-state index contributed by atoms with van der Waals surface area (Å²) in [5, 5.41) is 19.8. The zero-order valence-electron chi connectivity index (χ0n) is 16.4. The van der Waals surface area contributed by atoms with Crippen molar-refractivity contribution in [2.45, 2.75) is 44.2 Å². The molecule has 9 nitrogen and oxygen atoms in total. The molecule has 0 spiro atoms. The topological polar surface area (TPSA) is 139 Å². The van der Waals surface area contributed by atoms with Crippen LogP contribution in [0.5, 0.6) is 0 Å². The van der Waals surface area contributed by atoms with Crippen molar-refractivity contribution in [1.82, 2.24) is 20.4 Å². The molecule has 29 heavy (non-hydrogen) atoms. The van der Waals surface area contributed by atoms with Crippen LogP contribution in [0.4, 0.5) is 0 Å². The van der Waals surface area contributed by atoms with Gasteiger partial charge in [0.05, 0.1) is 23.2 Å². The molecular weight excluding hydrogens is 374 g/mol. The Balaban J connectivity index is 1.75. The van der Waals surface area contributed by atoms with E-state index in [1.165, 1.54) is 0 Å². The molecule has 5 N–H and O–H groups in total. The van der Waals surface area contributed by atoms with Gasteiger partial charge in [-0.3, -0.25) is 19.1 Å². The van der Waals surface area contributed by atoms with Gasteiger partial charge in [0.25, 0.3) is 5.91 Å². The third-order valence-electron chi connectivity index (χ3n) is 5.52. The molecule has 1 aromatic heterocycles. The number of benzene rings is 1. The number of nitrogens with one attached hydrogen (secondary N) is 2. The van der Waals surface area contributed by atoms with Crippen LogP contribution >= 0.6 is 0 Å². The van der Waals surface area contributed by atoms with Crippen LogP contribution in [0.15, 0.2) is 24.4 Å². The first-order valence-corrected chi connectivity index (χ1v) is 9.87. The maximum atomic E-state index is 12.9. The molecule has 1 aliphatic rings. The van der Waals surface area contributed by atoms with Crippen LogP contribution in [0.2, 0.25) is 0 Å². The molecule has 0 aliphatic heterocycles. The normalized spacial score (nSPS) is 19.8. The number of carbonyl (C=O) groups excluding carboxylic acids is 2. The predicted octanol–water partition coefficient (Wildman–Crippen LogP) is 0.780. The van der Waals surface area contributed by atoms with Crippen LogP contribution in [0.3, 0.4) is 0 Å². The molecule has 3 rings (SSSR count). The second kappa shape index (κ2) is 9.04. The van der Waals surface area contributed by atoms with E-state index in [1.807, 2.05) is 6.07 Å². The average Bonchev–Trinajstić information content (AvgIpc) is 3.31. The summed E-state index contributed by atoms with van der Waals surface area (Å²) in [5.41, 5.74) is 6.84. The van der Waals surface area contributed by atoms with Gasteiger partial charge < -0.3 is 21.5 Å². The van der Waals surface area contributed by atoms with Gasteiger partial charge in [0.2, 0.25) is 5.91 Å². The third-order valence-corrected chi connectivity index (χ3v) is 5.52. The summed E-state index contributed by atoms with van der Waals surface area (Å²) in [4.78, 5) is 37.1. The van der Waals surface area contributed by atoms with E-state index in [1.54, 1.807) is 30.1 Å². The third kappa shape index (κ3) is 4.56. The fourth-order valence-corrected chi connectivity index (χ4v) is 3.91. The molecule has 1 aliphatic carbocycles. The largest absolute Gasteiger partial charge is 0.481 e. The zero-order chi connectivity index (χ0) is 21.0. The Hall–Kier alpha value is -2.94. The molecule has 2 aromatic rings. The van der Waals surface area contributed by atoms with Crippen LogP contribution < -0.4 is 16.4 Å². The van der Waals surface area contributed by atoms with Crippen molar-refractivity contribution in [2.75, 3.05) is 6.54 Å². The van der Waals surface area contributed by atoms with Gasteiger partial charge in [-0.05, 0) is 44.4 Å². The summed E-state index contributed by atoms with van der Waals surface area (Å²) < 4.78 is 1.68. The second-order valence-electron chi connectivity index (χ2n) is 7.45. The smallest absolute Gasteiger partial charge is 0.308 e. The Morgan fingerprint density at radius 1 is 1.34 bits per heavy atom. The number of carboxylic acids is 1. The summed E-state index contributed by atoms with van der Waals surface area (Å²) in [7, 11) is 1.79. The number of aromatic nitrogens is 2. The lowest BCUT2D eigenvalue weighted by atomic mass is 10.0. The van der Waals surface area contributed by atoms with Crippen molar-refractivity contribution in [2.24, 2.45) is 18.7 Å². The van der Waals surface area contributed by atoms with Crippen molar-refractivity contribution in [3.05, 3.63) is 30.0 Å². The van der Waals surface area contributed by atoms with Gasteiger partial charge in [-0.25, -0.2) is 0 Å². The molecule has 1 heterocycles. The Kier molecular flexibility index (Phi) is 6.48. The first-order valence-electron chi connectivity index (χ1n) is 9.87. The average molecular weight is 401 g/mol. The predicted molar refractivity (Wildman–Crippen MR) is 107 cm³/mol. The maximum absolute atomic E-state index is 12.9. The summed E-state index contributed by atoms with van der Waals surface area (Å²) in [6, 6.07) is 4.12. The molecule has 0 bridgehead atoms. The lowest BCUT2D eigenvalue weighted by Gasteiger charge is -2.23. The Bertz CT molecular complexity index is 909. The molecule has 1 saturated carbocycles. The first-order chi connectivity index (χ1) is 13.9. The number of amides is 2. The first kappa shape index (κ1) is 20.8. The molecule has 1 unspecified atom stereocenters. The van der Waals surface area contributed by atoms with Gasteiger partial charge in [-0.1, -0.05) is 12.5 Å². The number of aliphatic carboxylic acids is 1. The van der Waals surface area contributed by atoms with Crippen molar-refractivity contribution < 1.29 is 19.5 Å². The zero-order valence-corrected chi connectivity index (χ0v) is 16.4. The van der Waals surface area contributed by atoms with Gasteiger partial charge in [0.1, 0.15) is 6.04 Å². The molecule has 156 valence electrons. The molecular formula is C20H27N5O4. The molecule has 9 heteroatoms. The number of nitrogens with two attached hydrogens (primary N) is 1. The SMILES string of the molecule is Cn1ncc2c(C(=O)NC(CCCN)C(=O)N[C@H]3CCC[C@H]3C(=O)O)cccc21. The minimum absolute atomic E-state index is 0.372. The minimum Gasteiger partial charge on any atom is -0.481 e. The van der Waals surface area contributed by atoms with E-state index < -0.39 is 24.0 Å². The highest BCUT2D eigenvalue weighted by Gasteiger charge is 2.35. The molecule has 2 amide bonds. The van der Waals surface area contributed by atoms with Crippen LogP contribution in [0.1, 0.15) is 42.5 Å². The highest BCUT2D eigenvalue weighted by Crippen LogP contribution is 2.26. The van der Waals surface area contributed by atoms with Crippen molar-refractivity contribution >= 4 is 28.7 Å². The fourth-order valence-electron chi connectivity index (χ4n) is 3.91. The van der Waals surface area contributed by atoms with Gasteiger partial charge in [0.15, 0.2) is 0 Å². The van der Waals surface area contributed by atoms with E-state index in [-0.39, 0.29) is 11.8 Å². The summed E-state index contributed by atoms with van der Waals surface area (Å²) in [5.74, 6) is -2.24. The number of aryl methyl sites for hydroxylation is 1. The number of carboxylic acid groups (broad SMARTS) is 1. The van der Waals surface area contributed by atoms with E-state index >= 15 is 0 Å². The van der Waals surface area contributed by atoms with Gasteiger partial charge in [-0.15, -0.1) is 0 Å². The summed E-state index contributed by atoms with van der Waals surface area (Å²) >= 11 is 0. The van der Waals surface area contributed by atoms with Crippen LogP contribution in [-0.2, 0) is 16.6 Å². The quantitative estimate of drug-likeness (QED) is 0.515. The van der Waals surface area contributed by atoms with Crippen molar-refractivity contribution in [1.29, 1.82) is 0 Å². The number of nitrogens with zero attached hydrogens (tertiary/aromatic N) is 2. The lowest BCUT2D eigenvalue weighted by Crippen LogP contribution is -2.51. The van der Waals surface area contributed by atoms with Gasteiger partial charge >= 0.3 is 5.97 Å². The van der Waals surface area contributed by atoms with E-state index in [2.05, 4.69) is 15.7 Å². The van der Waals surface area contributed by atoms with Crippen LogP contribution in [0, 0.1) is 5.92 Å². The van der Waals surface area contributed by atoms with E-state index in [4.69, 9.17) is 5.73 Å². The van der Waals surface area contributed by atoms with Crippen molar-refractivity contribution in [3.63, 3.8) is 0 Å². The minimum atomic E-state index is -0.904. The number of hydrogen-bond acceptors (Lipinski definition) is 5. The second-order valence-corrected chi connectivity index (χ2v) is 7.45. The molecule has 0 saturated heterocycles. The molecule has 1 fully saturated rings. The lowest BCUT2D eigenvalue weighted by molar-refractivity contribution is -0.142. The molecule has 3 atom stereocenters. The van der Waals surface area contributed by atoms with Gasteiger partial charge in [0, 0.05) is 18.5 Å². The summed E-state index contributed by atoms with van der Waals surface area (Å²) in [6.07, 6.45) is 4.47. The fraction of sp³-hybridized carbons (Fsp3) is 0.500. The van der Waals surface area contributed by atoms with Crippen LogP contribution in [0.25, 0.3) is 10.9 Å². The number of hydrogen-bond donors (Lipinski definition) is 4. The standard InChI is InChI=1S/C20H27N5O4/c1-25-17-9-3-5-12(14(17)11-22-25)18(26)24-16(8-4-10-21)19(27)23-15-7-2-6-13(15)20(28)29/h3,5,9,11,13,15-16H,2,4,6-8,10,21H2,1H3,(H,23,27)(H,24,26)(H,28,29)/t13-,15+,16?/m1/s1.